The van der Waals surface area contributed by atoms with Crippen LogP contribution in [-0.2, 0) is 9.59 Å². The van der Waals surface area contributed by atoms with Crippen molar-refractivity contribution in [3.8, 4) is 0 Å². The second-order valence-corrected chi connectivity index (χ2v) is 5.30. The number of Topliss-reactive ketones (excluding diaryl/α,β-unsaturated/α-hetero) is 2. The predicted octanol–water partition coefficient (Wildman–Crippen LogP) is 3.91. The molecule has 1 aromatic rings. The van der Waals surface area contributed by atoms with Crippen LogP contribution in [-0.4, -0.2) is 11.6 Å². The van der Waals surface area contributed by atoms with E-state index in [4.69, 9.17) is 0 Å². The summed E-state index contributed by atoms with van der Waals surface area (Å²) >= 11 is 0. The SMILES string of the molecule is CC(=O)C(C)c1ccc(/C=C2\CCCCC2=O)cc1. The van der Waals surface area contributed by atoms with E-state index >= 15 is 0 Å². The molecule has 1 unspecified atom stereocenters. The standard InChI is InChI=1S/C17H20O2/c1-12(13(2)18)15-9-7-14(8-10-15)11-16-5-3-4-6-17(16)19/h7-12H,3-6H2,1-2H3/b16-11+. The van der Waals surface area contributed by atoms with Crippen molar-refractivity contribution in [2.45, 2.75) is 45.4 Å². The maximum atomic E-state index is 11.8. The number of hydrogen-bond acceptors (Lipinski definition) is 2. The van der Waals surface area contributed by atoms with Crippen LogP contribution in [0.3, 0.4) is 0 Å². The van der Waals surface area contributed by atoms with Crippen LogP contribution >= 0.6 is 0 Å². The monoisotopic (exact) mass is 256 g/mol. The molecule has 0 saturated heterocycles. The Labute approximate surface area is 114 Å². The van der Waals surface area contributed by atoms with E-state index in [2.05, 4.69) is 0 Å². The topological polar surface area (TPSA) is 34.1 Å². The minimum atomic E-state index is -0.0574. The van der Waals surface area contributed by atoms with Gasteiger partial charge in [0.05, 0.1) is 0 Å². The van der Waals surface area contributed by atoms with Crippen LogP contribution in [0, 0.1) is 0 Å². The Morgan fingerprint density at radius 1 is 1.16 bits per heavy atom. The molecule has 19 heavy (non-hydrogen) atoms. The second kappa shape index (κ2) is 5.96. The molecule has 1 aromatic carbocycles. The fraction of sp³-hybridized carbons (Fsp3) is 0.412. The lowest BCUT2D eigenvalue weighted by molar-refractivity contribution is -0.118. The van der Waals surface area contributed by atoms with Gasteiger partial charge in [-0.05, 0) is 49.0 Å². The van der Waals surface area contributed by atoms with Crippen molar-refractivity contribution in [2.24, 2.45) is 0 Å². The Morgan fingerprint density at radius 3 is 2.37 bits per heavy atom. The van der Waals surface area contributed by atoms with E-state index in [1.165, 1.54) is 0 Å². The van der Waals surface area contributed by atoms with E-state index in [1.807, 2.05) is 37.3 Å². The first-order chi connectivity index (χ1) is 9.08. The minimum Gasteiger partial charge on any atom is -0.299 e. The number of allylic oxidation sites excluding steroid dienone is 1. The summed E-state index contributed by atoms with van der Waals surface area (Å²) in [5.41, 5.74) is 3.02. The van der Waals surface area contributed by atoms with Crippen LogP contribution in [0.2, 0.25) is 0 Å². The van der Waals surface area contributed by atoms with E-state index < -0.39 is 0 Å². The molecular weight excluding hydrogens is 236 g/mol. The van der Waals surface area contributed by atoms with Gasteiger partial charge in [0.1, 0.15) is 5.78 Å². The molecule has 0 radical (unpaired) electrons. The average Bonchev–Trinajstić information content (AvgIpc) is 2.41. The Balaban J connectivity index is 2.16. The molecule has 0 aromatic heterocycles. The molecule has 1 fully saturated rings. The van der Waals surface area contributed by atoms with Crippen molar-refractivity contribution >= 4 is 17.6 Å². The highest BCUT2D eigenvalue weighted by atomic mass is 16.1. The third-order valence-corrected chi connectivity index (χ3v) is 3.85. The summed E-state index contributed by atoms with van der Waals surface area (Å²) in [6, 6.07) is 7.94. The predicted molar refractivity (Wildman–Crippen MR) is 77.0 cm³/mol. The van der Waals surface area contributed by atoms with Gasteiger partial charge in [-0.3, -0.25) is 9.59 Å². The van der Waals surface area contributed by atoms with Gasteiger partial charge in [0.15, 0.2) is 5.78 Å². The largest absolute Gasteiger partial charge is 0.299 e. The first-order valence-corrected chi connectivity index (χ1v) is 6.92. The van der Waals surface area contributed by atoms with Crippen molar-refractivity contribution in [2.75, 3.05) is 0 Å². The lowest BCUT2D eigenvalue weighted by Gasteiger charge is -2.13. The van der Waals surface area contributed by atoms with E-state index in [0.717, 1.165) is 36.0 Å². The molecule has 2 nitrogen and oxygen atoms in total. The molecule has 1 aliphatic rings. The molecule has 1 saturated carbocycles. The summed E-state index contributed by atoms with van der Waals surface area (Å²) in [5.74, 6) is 0.402. The molecule has 0 N–H and O–H groups in total. The number of carbonyl (C=O) groups is 2. The van der Waals surface area contributed by atoms with Crippen LogP contribution in [0.1, 0.15) is 56.6 Å². The molecule has 0 aliphatic heterocycles. The van der Waals surface area contributed by atoms with Gasteiger partial charge in [-0.15, -0.1) is 0 Å². The van der Waals surface area contributed by atoms with Crippen molar-refractivity contribution in [3.05, 3.63) is 41.0 Å². The summed E-state index contributed by atoms with van der Waals surface area (Å²) in [7, 11) is 0. The first kappa shape index (κ1) is 13.7. The first-order valence-electron chi connectivity index (χ1n) is 6.92. The van der Waals surface area contributed by atoms with Crippen LogP contribution in [0.5, 0.6) is 0 Å². The summed E-state index contributed by atoms with van der Waals surface area (Å²) in [6.45, 7) is 3.53. The quantitative estimate of drug-likeness (QED) is 0.768. The molecule has 0 spiro atoms. The van der Waals surface area contributed by atoms with Gasteiger partial charge in [0, 0.05) is 12.3 Å². The smallest absolute Gasteiger partial charge is 0.158 e. The Morgan fingerprint density at radius 2 is 1.79 bits per heavy atom. The Hall–Kier alpha value is -1.70. The molecule has 0 bridgehead atoms. The summed E-state index contributed by atoms with van der Waals surface area (Å²) in [4.78, 5) is 23.1. The lowest BCUT2D eigenvalue weighted by Crippen LogP contribution is -2.08. The van der Waals surface area contributed by atoms with Gasteiger partial charge in [-0.1, -0.05) is 31.2 Å². The number of ketones is 2. The number of hydrogen-bond donors (Lipinski definition) is 0. The van der Waals surface area contributed by atoms with Gasteiger partial charge in [0.2, 0.25) is 0 Å². The molecule has 2 heteroatoms. The molecule has 1 atom stereocenters. The van der Waals surface area contributed by atoms with E-state index in [1.54, 1.807) is 6.92 Å². The van der Waals surface area contributed by atoms with Crippen molar-refractivity contribution in [1.29, 1.82) is 0 Å². The third kappa shape index (κ3) is 3.40. The van der Waals surface area contributed by atoms with Crippen molar-refractivity contribution < 1.29 is 9.59 Å². The normalized spacial score (nSPS) is 19.5. The zero-order valence-corrected chi connectivity index (χ0v) is 11.6. The molecule has 0 heterocycles. The third-order valence-electron chi connectivity index (χ3n) is 3.85. The highest BCUT2D eigenvalue weighted by Crippen LogP contribution is 2.23. The van der Waals surface area contributed by atoms with Crippen LogP contribution < -0.4 is 0 Å². The van der Waals surface area contributed by atoms with Gasteiger partial charge in [-0.2, -0.15) is 0 Å². The van der Waals surface area contributed by atoms with Crippen LogP contribution in [0.4, 0.5) is 0 Å². The summed E-state index contributed by atoms with van der Waals surface area (Å²) in [5, 5.41) is 0. The highest BCUT2D eigenvalue weighted by Gasteiger charge is 2.14. The van der Waals surface area contributed by atoms with E-state index in [9.17, 15) is 9.59 Å². The maximum Gasteiger partial charge on any atom is 0.158 e. The Bertz CT molecular complexity index is 509. The van der Waals surface area contributed by atoms with Gasteiger partial charge in [-0.25, -0.2) is 0 Å². The molecule has 2 rings (SSSR count). The second-order valence-electron chi connectivity index (χ2n) is 5.30. The molecule has 0 amide bonds. The molecular formula is C17H20O2. The number of carbonyl (C=O) groups excluding carboxylic acids is 2. The van der Waals surface area contributed by atoms with Crippen LogP contribution in [0.15, 0.2) is 29.8 Å². The van der Waals surface area contributed by atoms with Crippen molar-refractivity contribution in [1.82, 2.24) is 0 Å². The van der Waals surface area contributed by atoms with Crippen LogP contribution in [0.25, 0.3) is 6.08 Å². The minimum absolute atomic E-state index is 0.0574. The fourth-order valence-corrected chi connectivity index (χ4v) is 2.37. The molecule has 100 valence electrons. The highest BCUT2D eigenvalue weighted by molar-refractivity contribution is 6.00. The zero-order chi connectivity index (χ0) is 13.8. The van der Waals surface area contributed by atoms with Gasteiger partial charge < -0.3 is 0 Å². The van der Waals surface area contributed by atoms with Crippen molar-refractivity contribution in [3.63, 3.8) is 0 Å². The fourth-order valence-electron chi connectivity index (χ4n) is 2.37. The number of benzene rings is 1. The zero-order valence-electron chi connectivity index (χ0n) is 11.6. The molecule has 1 aliphatic carbocycles. The van der Waals surface area contributed by atoms with Gasteiger partial charge in [0.25, 0.3) is 0 Å². The summed E-state index contributed by atoms with van der Waals surface area (Å²) < 4.78 is 0. The average molecular weight is 256 g/mol. The van der Waals surface area contributed by atoms with E-state index in [-0.39, 0.29) is 17.5 Å². The maximum absolute atomic E-state index is 11.8. The summed E-state index contributed by atoms with van der Waals surface area (Å²) in [6.07, 6.45) is 5.70. The lowest BCUT2D eigenvalue weighted by atomic mass is 9.91. The van der Waals surface area contributed by atoms with Gasteiger partial charge >= 0.3 is 0 Å². The Kier molecular flexibility index (Phi) is 4.31. The van der Waals surface area contributed by atoms with E-state index in [0.29, 0.717) is 6.42 Å². The number of rotatable bonds is 3.